The summed E-state index contributed by atoms with van der Waals surface area (Å²) in [5.41, 5.74) is 6.30. The molecule has 1 heterocycles. The molecule has 2 aromatic rings. The summed E-state index contributed by atoms with van der Waals surface area (Å²) in [7, 11) is 0. The van der Waals surface area contributed by atoms with Crippen LogP contribution in [0.1, 0.15) is 4.88 Å². The first-order chi connectivity index (χ1) is 8.15. The van der Waals surface area contributed by atoms with Gasteiger partial charge in [-0.05, 0) is 29.6 Å². The molecule has 2 rings (SSSR count). The van der Waals surface area contributed by atoms with E-state index in [2.05, 4.69) is 5.32 Å². The molecule has 0 atom stereocenters. The number of thiophene rings is 1. The molecule has 0 spiro atoms. The molecular weight excluding hydrogens is 239 g/mol. The second kappa shape index (κ2) is 4.97. The quantitative estimate of drug-likeness (QED) is 0.823. The third-order valence-electron chi connectivity index (χ3n) is 2.20. The van der Waals surface area contributed by atoms with Crippen molar-refractivity contribution in [2.24, 2.45) is 0 Å². The van der Waals surface area contributed by atoms with Gasteiger partial charge in [0.05, 0.1) is 17.8 Å². The summed E-state index contributed by atoms with van der Waals surface area (Å²) in [6, 6.07) is 7.64. The molecule has 0 saturated heterocycles. The molecule has 0 saturated carbocycles. The van der Waals surface area contributed by atoms with Crippen LogP contribution in [0.4, 0.5) is 15.8 Å². The van der Waals surface area contributed by atoms with E-state index in [-0.39, 0.29) is 12.3 Å². The molecule has 0 unspecified atom stereocenters. The lowest BCUT2D eigenvalue weighted by Crippen LogP contribution is -2.15. The van der Waals surface area contributed by atoms with Crippen LogP contribution in [0.15, 0.2) is 35.7 Å². The van der Waals surface area contributed by atoms with Crippen molar-refractivity contribution >= 4 is 28.6 Å². The number of rotatable bonds is 3. The van der Waals surface area contributed by atoms with Crippen LogP contribution < -0.4 is 11.1 Å². The second-order valence-electron chi connectivity index (χ2n) is 3.54. The Bertz CT molecular complexity index is 525. The zero-order valence-corrected chi connectivity index (χ0v) is 9.76. The highest BCUT2D eigenvalue weighted by molar-refractivity contribution is 7.10. The van der Waals surface area contributed by atoms with Crippen LogP contribution in [0.3, 0.4) is 0 Å². The average molecular weight is 250 g/mol. The summed E-state index contributed by atoms with van der Waals surface area (Å²) in [5, 5.41) is 4.49. The molecule has 0 bridgehead atoms. The lowest BCUT2D eigenvalue weighted by atomic mass is 10.2. The Morgan fingerprint density at radius 1 is 1.41 bits per heavy atom. The normalized spacial score (nSPS) is 10.2. The van der Waals surface area contributed by atoms with Crippen molar-refractivity contribution in [1.82, 2.24) is 0 Å². The minimum atomic E-state index is -0.425. The molecule has 1 aromatic heterocycles. The van der Waals surface area contributed by atoms with Gasteiger partial charge in [-0.2, -0.15) is 0 Å². The Kier molecular flexibility index (Phi) is 3.39. The highest BCUT2D eigenvalue weighted by Gasteiger charge is 2.07. The predicted molar refractivity (Wildman–Crippen MR) is 67.5 cm³/mol. The van der Waals surface area contributed by atoms with Crippen molar-refractivity contribution in [3.8, 4) is 0 Å². The van der Waals surface area contributed by atoms with E-state index in [0.717, 1.165) is 4.88 Å². The Balaban J connectivity index is 2.05. The molecule has 0 aliphatic rings. The number of carbonyl (C=O) groups is 1. The number of hydrogen-bond acceptors (Lipinski definition) is 3. The minimum absolute atomic E-state index is 0.204. The smallest absolute Gasteiger partial charge is 0.229 e. The second-order valence-corrected chi connectivity index (χ2v) is 4.57. The fourth-order valence-electron chi connectivity index (χ4n) is 1.40. The maximum Gasteiger partial charge on any atom is 0.229 e. The van der Waals surface area contributed by atoms with Gasteiger partial charge in [0.2, 0.25) is 5.91 Å². The maximum absolute atomic E-state index is 13.0. The zero-order valence-electron chi connectivity index (χ0n) is 8.94. The lowest BCUT2D eigenvalue weighted by molar-refractivity contribution is -0.115. The molecule has 0 radical (unpaired) electrons. The van der Waals surface area contributed by atoms with Crippen LogP contribution in [0, 0.1) is 5.82 Å². The largest absolute Gasteiger partial charge is 0.397 e. The number of nitrogens with one attached hydrogen (secondary N) is 1. The lowest BCUT2D eigenvalue weighted by Gasteiger charge is -2.07. The van der Waals surface area contributed by atoms with Gasteiger partial charge in [-0.25, -0.2) is 4.39 Å². The molecule has 0 aliphatic heterocycles. The van der Waals surface area contributed by atoms with Gasteiger partial charge in [0, 0.05) is 4.88 Å². The van der Waals surface area contributed by atoms with Crippen molar-refractivity contribution in [1.29, 1.82) is 0 Å². The molecule has 17 heavy (non-hydrogen) atoms. The molecule has 5 heteroatoms. The third kappa shape index (κ3) is 3.04. The molecule has 0 aliphatic carbocycles. The summed E-state index contributed by atoms with van der Waals surface area (Å²) >= 11 is 1.50. The van der Waals surface area contributed by atoms with Crippen LogP contribution in [0.25, 0.3) is 0 Å². The first kappa shape index (κ1) is 11.6. The first-order valence-electron chi connectivity index (χ1n) is 5.02. The average Bonchev–Trinajstić information content (AvgIpc) is 2.76. The summed E-state index contributed by atoms with van der Waals surface area (Å²) in [6.07, 6.45) is 0.271. The number of anilines is 2. The van der Waals surface area contributed by atoms with Gasteiger partial charge in [0.25, 0.3) is 0 Å². The van der Waals surface area contributed by atoms with E-state index >= 15 is 0 Å². The van der Waals surface area contributed by atoms with Gasteiger partial charge >= 0.3 is 0 Å². The summed E-state index contributed by atoms with van der Waals surface area (Å²) in [5.74, 6) is -0.629. The first-order valence-corrected chi connectivity index (χ1v) is 5.90. The number of halogens is 1. The summed E-state index contributed by atoms with van der Waals surface area (Å²) < 4.78 is 13.0. The topological polar surface area (TPSA) is 55.1 Å². The summed E-state index contributed by atoms with van der Waals surface area (Å²) in [6.45, 7) is 0. The standard InChI is InChI=1S/C12H11FN2OS/c13-8-3-4-10(14)11(6-8)15-12(16)7-9-2-1-5-17-9/h1-6H,7,14H2,(H,15,16). The Morgan fingerprint density at radius 2 is 2.24 bits per heavy atom. The minimum Gasteiger partial charge on any atom is -0.397 e. The van der Waals surface area contributed by atoms with Crippen LogP contribution >= 0.6 is 11.3 Å². The SMILES string of the molecule is Nc1ccc(F)cc1NC(=O)Cc1cccs1. The van der Waals surface area contributed by atoms with E-state index in [1.165, 1.54) is 29.5 Å². The van der Waals surface area contributed by atoms with E-state index < -0.39 is 5.82 Å². The number of hydrogen-bond donors (Lipinski definition) is 2. The molecular formula is C12H11FN2OS. The molecule has 0 fully saturated rings. The van der Waals surface area contributed by atoms with Crippen molar-refractivity contribution in [3.05, 3.63) is 46.4 Å². The Hall–Kier alpha value is -1.88. The van der Waals surface area contributed by atoms with Crippen LogP contribution in [-0.4, -0.2) is 5.91 Å². The van der Waals surface area contributed by atoms with Crippen molar-refractivity contribution in [2.75, 3.05) is 11.1 Å². The van der Waals surface area contributed by atoms with Gasteiger partial charge < -0.3 is 11.1 Å². The van der Waals surface area contributed by atoms with Crippen LogP contribution in [0.2, 0.25) is 0 Å². The number of amides is 1. The van der Waals surface area contributed by atoms with Gasteiger partial charge in [-0.3, -0.25) is 4.79 Å². The fraction of sp³-hybridized carbons (Fsp3) is 0.0833. The summed E-state index contributed by atoms with van der Waals surface area (Å²) in [4.78, 5) is 12.6. The monoisotopic (exact) mass is 250 g/mol. The maximum atomic E-state index is 13.0. The highest BCUT2D eigenvalue weighted by atomic mass is 32.1. The number of nitrogens with two attached hydrogens (primary N) is 1. The van der Waals surface area contributed by atoms with E-state index in [1.54, 1.807) is 0 Å². The van der Waals surface area contributed by atoms with Gasteiger partial charge in [0.1, 0.15) is 5.82 Å². The number of carbonyl (C=O) groups excluding carboxylic acids is 1. The van der Waals surface area contributed by atoms with E-state index in [9.17, 15) is 9.18 Å². The van der Waals surface area contributed by atoms with Crippen LogP contribution in [-0.2, 0) is 11.2 Å². The van der Waals surface area contributed by atoms with E-state index in [0.29, 0.717) is 11.4 Å². The number of nitrogen functional groups attached to an aromatic ring is 1. The van der Waals surface area contributed by atoms with Crippen molar-refractivity contribution < 1.29 is 9.18 Å². The fourth-order valence-corrected chi connectivity index (χ4v) is 2.11. The number of benzene rings is 1. The van der Waals surface area contributed by atoms with Gasteiger partial charge in [0.15, 0.2) is 0 Å². The molecule has 1 amide bonds. The Morgan fingerprint density at radius 3 is 2.94 bits per heavy atom. The zero-order chi connectivity index (χ0) is 12.3. The van der Waals surface area contributed by atoms with Gasteiger partial charge in [-0.1, -0.05) is 6.07 Å². The predicted octanol–water partition coefficient (Wildman–Crippen LogP) is 2.65. The molecule has 88 valence electrons. The van der Waals surface area contributed by atoms with E-state index in [1.807, 2.05) is 17.5 Å². The van der Waals surface area contributed by atoms with Crippen LogP contribution in [0.5, 0.6) is 0 Å². The molecule has 3 nitrogen and oxygen atoms in total. The molecule has 3 N–H and O–H groups in total. The van der Waals surface area contributed by atoms with E-state index in [4.69, 9.17) is 5.73 Å². The van der Waals surface area contributed by atoms with Crippen molar-refractivity contribution in [2.45, 2.75) is 6.42 Å². The third-order valence-corrected chi connectivity index (χ3v) is 3.08. The highest BCUT2D eigenvalue weighted by Crippen LogP contribution is 2.19. The van der Waals surface area contributed by atoms with Crippen molar-refractivity contribution in [3.63, 3.8) is 0 Å². The van der Waals surface area contributed by atoms with Gasteiger partial charge in [-0.15, -0.1) is 11.3 Å². The Labute approximate surface area is 102 Å². The molecule has 1 aromatic carbocycles.